The Labute approximate surface area is 163 Å². The molecule has 1 amide bonds. The first-order valence-corrected chi connectivity index (χ1v) is 9.99. The molecule has 0 radical (unpaired) electrons. The number of nitrogens with one attached hydrogen (secondary N) is 2. The van der Waals surface area contributed by atoms with Crippen molar-refractivity contribution in [3.63, 3.8) is 0 Å². The van der Waals surface area contributed by atoms with Crippen molar-refractivity contribution in [1.82, 2.24) is 5.32 Å². The second kappa shape index (κ2) is 9.23. The summed E-state index contributed by atoms with van der Waals surface area (Å²) in [5.74, 6) is -0.443. The maximum atomic E-state index is 12.5. The lowest BCUT2D eigenvalue weighted by molar-refractivity contribution is -0.144. The van der Waals surface area contributed by atoms with Gasteiger partial charge in [-0.15, -0.1) is 0 Å². The summed E-state index contributed by atoms with van der Waals surface area (Å²) in [6.45, 7) is 3.39. The van der Waals surface area contributed by atoms with E-state index in [0.29, 0.717) is 11.4 Å². The Balaban J connectivity index is 2.07. The van der Waals surface area contributed by atoms with Gasteiger partial charge in [-0.2, -0.15) is 0 Å². The Morgan fingerprint density at radius 3 is 2.18 bits per heavy atom. The maximum Gasteiger partial charge on any atom is 0.328 e. The normalized spacial score (nSPS) is 12.0. The fourth-order valence-electron chi connectivity index (χ4n) is 2.26. The van der Waals surface area contributed by atoms with E-state index in [9.17, 15) is 18.0 Å². The summed E-state index contributed by atoms with van der Waals surface area (Å²) in [6, 6.07) is 11.0. The van der Waals surface area contributed by atoms with E-state index < -0.39 is 27.9 Å². The van der Waals surface area contributed by atoms with Gasteiger partial charge in [0.25, 0.3) is 15.9 Å². The number of amides is 1. The van der Waals surface area contributed by atoms with E-state index in [1.165, 1.54) is 38.3 Å². The smallest absolute Gasteiger partial charge is 0.328 e. The zero-order valence-corrected chi connectivity index (χ0v) is 16.6. The minimum Gasteiger partial charge on any atom is -0.497 e. The van der Waals surface area contributed by atoms with Crippen LogP contribution in [0.25, 0.3) is 0 Å². The van der Waals surface area contributed by atoms with Gasteiger partial charge in [-0.1, -0.05) is 0 Å². The lowest BCUT2D eigenvalue weighted by atomic mass is 10.2. The van der Waals surface area contributed by atoms with Crippen molar-refractivity contribution in [2.24, 2.45) is 0 Å². The topological polar surface area (TPSA) is 111 Å². The van der Waals surface area contributed by atoms with Gasteiger partial charge in [0.1, 0.15) is 11.8 Å². The molecule has 2 aromatic carbocycles. The van der Waals surface area contributed by atoms with Crippen molar-refractivity contribution in [3.8, 4) is 5.75 Å². The number of sulfonamides is 1. The van der Waals surface area contributed by atoms with Gasteiger partial charge in [0.05, 0.1) is 18.6 Å². The van der Waals surface area contributed by atoms with Gasteiger partial charge in [0.2, 0.25) is 0 Å². The van der Waals surface area contributed by atoms with E-state index in [2.05, 4.69) is 10.0 Å². The van der Waals surface area contributed by atoms with E-state index in [-0.39, 0.29) is 17.1 Å². The van der Waals surface area contributed by atoms with Gasteiger partial charge in [0, 0.05) is 11.3 Å². The standard InChI is InChI=1S/C19H22N2O6S/c1-4-27-19(23)13(2)20-18(22)14-5-11-17(12-6-14)28(24,25)21-15-7-9-16(26-3)10-8-15/h5-13,21H,4H2,1-3H3,(H,20,22). The molecule has 8 nitrogen and oxygen atoms in total. The van der Waals surface area contributed by atoms with Crippen LogP contribution in [-0.4, -0.2) is 40.1 Å². The van der Waals surface area contributed by atoms with Crippen LogP contribution in [0.2, 0.25) is 0 Å². The number of benzene rings is 2. The first-order chi connectivity index (χ1) is 13.3. The Kier molecular flexibility index (Phi) is 7.00. The fraction of sp³-hybridized carbons (Fsp3) is 0.263. The number of methoxy groups -OCH3 is 1. The van der Waals surface area contributed by atoms with Crippen molar-refractivity contribution >= 4 is 27.6 Å². The number of carbonyl (C=O) groups excluding carboxylic acids is 2. The Morgan fingerprint density at radius 1 is 1.04 bits per heavy atom. The van der Waals surface area contributed by atoms with E-state index in [0.717, 1.165) is 0 Å². The zero-order valence-electron chi connectivity index (χ0n) is 15.8. The van der Waals surface area contributed by atoms with Crippen LogP contribution in [0.3, 0.4) is 0 Å². The Bertz CT molecular complexity index is 924. The Hall–Kier alpha value is -3.07. The molecule has 150 valence electrons. The van der Waals surface area contributed by atoms with Crippen LogP contribution in [0, 0.1) is 0 Å². The molecule has 2 rings (SSSR count). The van der Waals surface area contributed by atoms with Gasteiger partial charge in [0.15, 0.2) is 0 Å². The van der Waals surface area contributed by atoms with Crippen LogP contribution in [0.15, 0.2) is 53.4 Å². The molecule has 0 bridgehead atoms. The molecule has 0 fully saturated rings. The van der Waals surface area contributed by atoms with Gasteiger partial charge in [-0.05, 0) is 62.4 Å². The van der Waals surface area contributed by atoms with Crippen LogP contribution < -0.4 is 14.8 Å². The molecule has 9 heteroatoms. The summed E-state index contributed by atoms with van der Waals surface area (Å²) in [7, 11) is -2.30. The lowest BCUT2D eigenvalue weighted by Crippen LogP contribution is -2.39. The molecule has 2 aromatic rings. The average molecular weight is 406 g/mol. The highest BCUT2D eigenvalue weighted by Gasteiger charge is 2.19. The second-order valence-electron chi connectivity index (χ2n) is 5.81. The van der Waals surface area contributed by atoms with Gasteiger partial charge < -0.3 is 14.8 Å². The minimum absolute atomic E-state index is 0.00157. The molecule has 0 aliphatic heterocycles. The van der Waals surface area contributed by atoms with Crippen molar-refractivity contribution in [2.75, 3.05) is 18.4 Å². The molecule has 0 aliphatic carbocycles. The summed E-state index contributed by atoms with van der Waals surface area (Å²) >= 11 is 0. The molecule has 0 saturated heterocycles. The number of hydrogen-bond acceptors (Lipinski definition) is 6. The monoisotopic (exact) mass is 406 g/mol. The summed E-state index contributed by atoms with van der Waals surface area (Å²) in [5, 5.41) is 2.50. The molecule has 2 N–H and O–H groups in total. The number of carbonyl (C=O) groups is 2. The number of ether oxygens (including phenoxy) is 2. The summed E-state index contributed by atoms with van der Waals surface area (Å²) < 4.78 is 37.3. The molecule has 0 aliphatic rings. The number of esters is 1. The molecule has 28 heavy (non-hydrogen) atoms. The van der Waals surface area contributed by atoms with Crippen molar-refractivity contribution < 1.29 is 27.5 Å². The first kappa shape index (κ1) is 21.2. The number of hydrogen-bond donors (Lipinski definition) is 2. The number of rotatable bonds is 8. The summed E-state index contributed by atoms with van der Waals surface area (Å²) in [5.41, 5.74) is 0.602. The summed E-state index contributed by atoms with van der Waals surface area (Å²) in [4.78, 5) is 23.8. The van der Waals surface area contributed by atoms with E-state index in [1.54, 1.807) is 31.2 Å². The molecule has 0 aromatic heterocycles. The molecule has 0 heterocycles. The highest BCUT2D eigenvalue weighted by atomic mass is 32.2. The molecular weight excluding hydrogens is 384 g/mol. The molecule has 1 atom stereocenters. The molecule has 0 spiro atoms. The summed E-state index contributed by atoms with van der Waals surface area (Å²) in [6.07, 6.45) is 0. The third-order valence-electron chi connectivity index (χ3n) is 3.76. The van der Waals surface area contributed by atoms with Crippen LogP contribution >= 0.6 is 0 Å². The quantitative estimate of drug-likeness (QED) is 0.650. The lowest BCUT2D eigenvalue weighted by Gasteiger charge is -2.13. The second-order valence-corrected chi connectivity index (χ2v) is 7.49. The first-order valence-electron chi connectivity index (χ1n) is 8.51. The fourth-order valence-corrected chi connectivity index (χ4v) is 3.32. The average Bonchev–Trinajstić information content (AvgIpc) is 2.68. The third-order valence-corrected chi connectivity index (χ3v) is 5.15. The highest BCUT2D eigenvalue weighted by molar-refractivity contribution is 7.92. The zero-order chi connectivity index (χ0) is 20.7. The van der Waals surface area contributed by atoms with Gasteiger partial charge in [-0.3, -0.25) is 9.52 Å². The van der Waals surface area contributed by atoms with E-state index in [1.807, 2.05) is 0 Å². The van der Waals surface area contributed by atoms with E-state index in [4.69, 9.17) is 9.47 Å². The SMILES string of the molecule is CCOC(=O)C(C)NC(=O)c1ccc(S(=O)(=O)Nc2ccc(OC)cc2)cc1. The van der Waals surface area contributed by atoms with Crippen LogP contribution in [0.1, 0.15) is 24.2 Å². The van der Waals surface area contributed by atoms with Crippen LogP contribution in [0.4, 0.5) is 5.69 Å². The molecule has 1 unspecified atom stereocenters. The maximum absolute atomic E-state index is 12.5. The van der Waals surface area contributed by atoms with Gasteiger partial charge in [-0.25, -0.2) is 13.2 Å². The highest BCUT2D eigenvalue weighted by Crippen LogP contribution is 2.19. The molecule has 0 saturated carbocycles. The predicted octanol–water partition coefficient (Wildman–Crippen LogP) is 2.18. The van der Waals surface area contributed by atoms with E-state index >= 15 is 0 Å². The van der Waals surface area contributed by atoms with Crippen molar-refractivity contribution in [2.45, 2.75) is 24.8 Å². The number of anilines is 1. The van der Waals surface area contributed by atoms with Crippen molar-refractivity contribution in [3.05, 3.63) is 54.1 Å². The Morgan fingerprint density at radius 2 is 1.64 bits per heavy atom. The largest absolute Gasteiger partial charge is 0.497 e. The van der Waals surface area contributed by atoms with Crippen molar-refractivity contribution in [1.29, 1.82) is 0 Å². The molecular formula is C19H22N2O6S. The van der Waals surface area contributed by atoms with Gasteiger partial charge >= 0.3 is 5.97 Å². The minimum atomic E-state index is -3.82. The van der Waals surface area contributed by atoms with Crippen LogP contribution in [0.5, 0.6) is 5.75 Å². The third kappa shape index (κ3) is 5.46. The predicted molar refractivity (Wildman–Crippen MR) is 104 cm³/mol. The van der Waals surface area contributed by atoms with Crippen LogP contribution in [-0.2, 0) is 19.6 Å².